The number of carbonyl (C=O) groups is 3. The van der Waals surface area contributed by atoms with Crippen molar-refractivity contribution in [3.05, 3.63) is 35.4 Å². The van der Waals surface area contributed by atoms with Crippen LogP contribution in [-0.2, 0) is 19.2 Å². The zero-order chi connectivity index (χ0) is 15.2. The smallest absolute Gasteiger partial charge is 0.336 e. The van der Waals surface area contributed by atoms with Crippen molar-refractivity contribution >= 4 is 18.3 Å². The monoisotopic (exact) mass is 291 g/mol. The largest absolute Gasteiger partial charge is 0.381 e. The lowest BCUT2D eigenvalue weighted by Gasteiger charge is -2.22. The van der Waals surface area contributed by atoms with Gasteiger partial charge in [0.25, 0.3) is 12.3 Å². The van der Waals surface area contributed by atoms with E-state index < -0.39 is 11.9 Å². The molecular formula is C15H17NO5. The Morgan fingerprint density at radius 1 is 1.29 bits per heavy atom. The summed E-state index contributed by atoms with van der Waals surface area (Å²) in [5, 5.41) is 0.458. The summed E-state index contributed by atoms with van der Waals surface area (Å²) in [5.74, 6) is -1.57. The first-order valence-corrected chi connectivity index (χ1v) is 6.77. The fraction of sp³-hybridized carbons (Fsp3) is 0.400. The Bertz CT molecular complexity index is 537. The SMILES string of the molecule is Cc1ccccc1C(=O)N(C=O)OC(=O)C1CCOCC1. The highest BCUT2D eigenvalue weighted by Crippen LogP contribution is 2.17. The van der Waals surface area contributed by atoms with Crippen LogP contribution in [0.5, 0.6) is 0 Å². The lowest BCUT2D eigenvalue weighted by Crippen LogP contribution is -2.36. The van der Waals surface area contributed by atoms with Gasteiger partial charge in [-0.15, -0.1) is 5.06 Å². The topological polar surface area (TPSA) is 72.9 Å². The van der Waals surface area contributed by atoms with Crippen molar-refractivity contribution in [2.24, 2.45) is 5.92 Å². The Kier molecular flexibility index (Phi) is 5.05. The van der Waals surface area contributed by atoms with Crippen LogP contribution in [0.3, 0.4) is 0 Å². The van der Waals surface area contributed by atoms with Gasteiger partial charge >= 0.3 is 5.97 Å². The summed E-state index contributed by atoms with van der Waals surface area (Å²) in [6, 6.07) is 6.79. The van der Waals surface area contributed by atoms with Gasteiger partial charge in [0, 0.05) is 18.8 Å². The van der Waals surface area contributed by atoms with E-state index in [0.29, 0.717) is 42.2 Å². The minimum atomic E-state index is -0.650. The summed E-state index contributed by atoms with van der Waals surface area (Å²) in [5.41, 5.74) is 1.03. The Morgan fingerprint density at radius 2 is 1.95 bits per heavy atom. The summed E-state index contributed by atoms with van der Waals surface area (Å²) < 4.78 is 5.16. The quantitative estimate of drug-likeness (QED) is 0.623. The molecule has 0 aromatic heterocycles. The van der Waals surface area contributed by atoms with E-state index in [1.807, 2.05) is 0 Å². The number of hydrogen-bond donors (Lipinski definition) is 0. The number of benzene rings is 1. The summed E-state index contributed by atoms with van der Waals surface area (Å²) >= 11 is 0. The van der Waals surface area contributed by atoms with Gasteiger partial charge in [0.05, 0.1) is 5.92 Å². The van der Waals surface area contributed by atoms with Crippen molar-refractivity contribution in [2.75, 3.05) is 13.2 Å². The zero-order valence-corrected chi connectivity index (χ0v) is 11.8. The summed E-state index contributed by atoms with van der Waals surface area (Å²) in [6.07, 6.45) is 1.28. The number of hydrogen-bond acceptors (Lipinski definition) is 5. The van der Waals surface area contributed by atoms with Gasteiger partial charge in [-0.3, -0.25) is 9.59 Å². The van der Waals surface area contributed by atoms with Crippen molar-refractivity contribution in [3.8, 4) is 0 Å². The number of carbonyl (C=O) groups excluding carboxylic acids is 3. The maximum atomic E-state index is 12.2. The first kappa shape index (κ1) is 15.2. The first-order valence-electron chi connectivity index (χ1n) is 6.77. The molecule has 1 fully saturated rings. The first-order chi connectivity index (χ1) is 10.1. The number of rotatable bonds is 3. The lowest BCUT2D eigenvalue weighted by molar-refractivity contribution is -0.186. The number of nitrogens with zero attached hydrogens (tertiary/aromatic N) is 1. The van der Waals surface area contributed by atoms with Crippen LogP contribution in [-0.4, -0.2) is 36.6 Å². The second-order valence-electron chi connectivity index (χ2n) is 4.85. The number of aryl methyl sites for hydroxylation is 1. The number of amides is 2. The summed E-state index contributed by atoms with van der Waals surface area (Å²) in [7, 11) is 0. The van der Waals surface area contributed by atoms with Crippen LogP contribution in [0.1, 0.15) is 28.8 Å². The molecule has 1 aliphatic rings. The highest BCUT2D eigenvalue weighted by atomic mass is 16.7. The molecule has 2 amide bonds. The van der Waals surface area contributed by atoms with Gasteiger partial charge in [-0.1, -0.05) is 18.2 Å². The molecule has 0 unspecified atom stereocenters. The predicted molar refractivity (Wildman–Crippen MR) is 73.0 cm³/mol. The lowest BCUT2D eigenvalue weighted by atomic mass is 10.0. The minimum absolute atomic E-state index is 0.214. The van der Waals surface area contributed by atoms with Gasteiger partial charge < -0.3 is 9.57 Å². The van der Waals surface area contributed by atoms with E-state index in [1.165, 1.54) is 0 Å². The zero-order valence-electron chi connectivity index (χ0n) is 11.8. The molecule has 0 saturated carbocycles. The Labute approximate surface area is 122 Å². The molecule has 1 saturated heterocycles. The molecule has 6 nitrogen and oxygen atoms in total. The molecule has 0 aliphatic carbocycles. The van der Waals surface area contributed by atoms with E-state index in [0.717, 1.165) is 0 Å². The molecular weight excluding hydrogens is 274 g/mol. The fourth-order valence-electron chi connectivity index (χ4n) is 2.15. The molecule has 21 heavy (non-hydrogen) atoms. The second-order valence-corrected chi connectivity index (χ2v) is 4.85. The van der Waals surface area contributed by atoms with Crippen LogP contribution in [0, 0.1) is 12.8 Å². The van der Waals surface area contributed by atoms with E-state index in [4.69, 9.17) is 9.57 Å². The molecule has 0 radical (unpaired) electrons. The third-order valence-electron chi connectivity index (χ3n) is 3.41. The van der Waals surface area contributed by atoms with Crippen molar-refractivity contribution in [1.82, 2.24) is 5.06 Å². The van der Waals surface area contributed by atoms with Crippen LogP contribution in [0.4, 0.5) is 0 Å². The molecule has 1 aromatic carbocycles. The third kappa shape index (κ3) is 3.66. The average Bonchev–Trinajstić information content (AvgIpc) is 2.53. The highest BCUT2D eigenvalue weighted by molar-refractivity contribution is 6.00. The normalized spacial score (nSPS) is 15.3. The van der Waals surface area contributed by atoms with Gasteiger partial charge in [-0.2, -0.15) is 0 Å². The van der Waals surface area contributed by atoms with Crippen LogP contribution in [0.2, 0.25) is 0 Å². The van der Waals surface area contributed by atoms with Gasteiger partial charge in [-0.05, 0) is 31.4 Å². The Morgan fingerprint density at radius 3 is 2.57 bits per heavy atom. The Balaban J connectivity index is 2.05. The number of imide groups is 1. The van der Waals surface area contributed by atoms with E-state index in [1.54, 1.807) is 31.2 Å². The predicted octanol–water partition coefficient (Wildman–Crippen LogP) is 1.48. The molecule has 1 heterocycles. The highest BCUT2D eigenvalue weighted by Gasteiger charge is 2.28. The Hall–Kier alpha value is -2.21. The van der Waals surface area contributed by atoms with Crippen molar-refractivity contribution in [2.45, 2.75) is 19.8 Å². The number of hydroxylamine groups is 2. The van der Waals surface area contributed by atoms with Gasteiger partial charge in [-0.25, -0.2) is 4.79 Å². The van der Waals surface area contributed by atoms with Crippen LogP contribution < -0.4 is 0 Å². The van der Waals surface area contributed by atoms with Crippen molar-refractivity contribution < 1.29 is 24.0 Å². The van der Waals surface area contributed by atoms with Crippen molar-refractivity contribution in [1.29, 1.82) is 0 Å². The second kappa shape index (κ2) is 6.99. The van der Waals surface area contributed by atoms with Crippen molar-refractivity contribution in [3.63, 3.8) is 0 Å². The van der Waals surface area contributed by atoms with Crippen LogP contribution in [0.25, 0.3) is 0 Å². The van der Waals surface area contributed by atoms with Gasteiger partial charge in [0.1, 0.15) is 0 Å². The van der Waals surface area contributed by atoms with Gasteiger partial charge in [0.2, 0.25) is 0 Å². The van der Waals surface area contributed by atoms with Crippen LogP contribution in [0.15, 0.2) is 24.3 Å². The number of ether oxygens (including phenoxy) is 1. The van der Waals surface area contributed by atoms with Gasteiger partial charge in [0.15, 0.2) is 0 Å². The standard InChI is InChI=1S/C15H17NO5/c1-11-4-2-3-5-13(11)14(18)16(10-17)21-15(19)12-6-8-20-9-7-12/h2-5,10,12H,6-9H2,1H3. The maximum Gasteiger partial charge on any atom is 0.336 e. The summed E-state index contributed by atoms with van der Waals surface area (Å²) in [4.78, 5) is 40.1. The van der Waals surface area contributed by atoms with Crippen LogP contribution >= 0.6 is 0 Å². The van der Waals surface area contributed by atoms with E-state index in [2.05, 4.69) is 0 Å². The third-order valence-corrected chi connectivity index (χ3v) is 3.41. The molecule has 0 N–H and O–H groups in total. The molecule has 1 aliphatic heterocycles. The maximum absolute atomic E-state index is 12.2. The molecule has 0 atom stereocenters. The van der Waals surface area contributed by atoms with E-state index in [9.17, 15) is 14.4 Å². The molecule has 112 valence electrons. The molecule has 0 spiro atoms. The fourth-order valence-corrected chi connectivity index (χ4v) is 2.15. The summed E-state index contributed by atoms with van der Waals surface area (Å²) in [6.45, 7) is 2.70. The minimum Gasteiger partial charge on any atom is -0.381 e. The molecule has 6 heteroatoms. The molecule has 2 rings (SSSR count). The average molecular weight is 291 g/mol. The molecule has 1 aromatic rings. The van der Waals surface area contributed by atoms with E-state index in [-0.39, 0.29) is 12.3 Å². The molecule has 0 bridgehead atoms. The van der Waals surface area contributed by atoms with E-state index >= 15 is 0 Å².